The van der Waals surface area contributed by atoms with Gasteiger partial charge in [-0.15, -0.1) is 5.10 Å². The van der Waals surface area contributed by atoms with Gasteiger partial charge in [-0.25, -0.2) is 4.68 Å². The van der Waals surface area contributed by atoms with Gasteiger partial charge in [0.2, 0.25) is 0 Å². The number of nitrogens with one attached hydrogen (secondary N) is 1. The van der Waals surface area contributed by atoms with Gasteiger partial charge in [-0.1, -0.05) is 29.0 Å². The van der Waals surface area contributed by atoms with E-state index in [0.29, 0.717) is 6.04 Å². The molecule has 0 bridgehead atoms. The predicted molar refractivity (Wildman–Crippen MR) is 66.8 cm³/mol. The molecule has 0 spiro atoms. The molecule has 0 saturated carbocycles. The Balaban J connectivity index is 1.94. The van der Waals surface area contributed by atoms with Crippen LogP contribution in [0.25, 0.3) is 11.3 Å². The van der Waals surface area contributed by atoms with E-state index in [1.165, 1.54) is 16.7 Å². The highest BCUT2D eigenvalue weighted by Crippen LogP contribution is 2.23. The summed E-state index contributed by atoms with van der Waals surface area (Å²) in [4.78, 5) is 0. The van der Waals surface area contributed by atoms with Crippen LogP contribution in [-0.2, 0) is 0 Å². The smallest absolute Gasteiger partial charge is 0.113 e. The number of benzene rings is 1. The zero-order valence-electron chi connectivity index (χ0n) is 10.1. The molecule has 1 aliphatic rings. The third kappa shape index (κ3) is 1.85. The predicted octanol–water partition coefficient (Wildman–Crippen LogP) is 1.71. The van der Waals surface area contributed by atoms with Crippen molar-refractivity contribution in [3.63, 3.8) is 0 Å². The topological polar surface area (TPSA) is 42.7 Å². The fourth-order valence-electron chi connectivity index (χ4n) is 2.14. The van der Waals surface area contributed by atoms with Crippen molar-refractivity contribution in [2.24, 2.45) is 0 Å². The van der Waals surface area contributed by atoms with Crippen LogP contribution in [0.15, 0.2) is 24.4 Å². The number of nitrogens with zero attached hydrogens (tertiary/aromatic N) is 3. The molecule has 1 saturated heterocycles. The summed E-state index contributed by atoms with van der Waals surface area (Å²) in [6.07, 6.45) is 2.04. The van der Waals surface area contributed by atoms with Crippen LogP contribution in [0.2, 0.25) is 0 Å². The summed E-state index contributed by atoms with van der Waals surface area (Å²) in [5, 5.41) is 11.7. The Bertz CT molecular complexity index is 540. The Morgan fingerprint density at radius 1 is 1.29 bits per heavy atom. The lowest BCUT2D eigenvalue weighted by Gasteiger charge is -2.26. The van der Waals surface area contributed by atoms with Gasteiger partial charge in [-0.2, -0.15) is 0 Å². The molecule has 4 heteroatoms. The molecule has 1 N–H and O–H groups in total. The fraction of sp³-hybridized carbons (Fsp3) is 0.385. The Labute approximate surface area is 101 Å². The molecule has 1 aliphatic heterocycles. The molecule has 1 fully saturated rings. The van der Waals surface area contributed by atoms with Gasteiger partial charge >= 0.3 is 0 Å². The van der Waals surface area contributed by atoms with E-state index in [2.05, 4.69) is 47.7 Å². The van der Waals surface area contributed by atoms with Crippen molar-refractivity contribution in [2.75, 3.05) is 13.1 Å². The first kappa shape index (κ1) is 10.5. The van der Waals surface area contributed by atoms with Gasteiger partial charge in [0.25, 0.3) is 0 Å². The molecule has 1 aromatic carbocycles. The molecule has 88 valence electrons. The fourth-order valence-corrected chi connectivity index (χ4v) is 2.14. The molecule has 2 aromatic rings. The van der Waals surface area contributed by atoms with Crippen molar-refractivity contribution < 1.29 is 0 Å². The lowest BCUT2D eigenvalue weighted by Crippen LogP contribution is -2.43. The van der Waals surface area contributed by atoms with Crippen LogP contribution in [0, 0.1) is 13.8 Å². The first-order valence-corrected chi connectivity index (χ1v) is 5.94. The van der Waals surface area contributed by atoms with Crippen LogP contribution in [0.4, 0.5) is 0 Å². The van der Waals surface area contributed by atoms with Gasteiger partial charge in [0.1, 0.15) is 5.69 Å². The first-order chi connectivity index (χ1) is 8.24. The van der Waals surface area contributed by atoms with Gasteiger partial charge in [0.15, 0.2) is 0 Å². The summed E-state index contributed by atoms with van der Waals surface area (Å²) < 4.78 is 1.96. The SMILES string of the molecule is Cc1ccc(-c2cn(C3CNC3)nn2)c(C)c1. The van der Waals surface area contributed by atoms with Crippen LogP contribution in [0.3, 0.4) is 0 Å². The standard InChI is InChI=1S/C13H16N4/c1-9-3-4-12(10(2)5-9)13-8-17(16-15-13)11-6-14-7-11/h3-5,8,11,14H,6-7H2,1-2H3. The van der Waals surface area contributed by atoms with Gasteiger partial charge in [0.05, 0.1) is 12.2 Å². The average molecular weight is 228 g/mol. The van der Waals surface area contributed by atoms with E-state index >= 15 is 0 Å². The maximum absolute atomic E-state index is 4.27. The monoisotopic (exact) mass is 228 g/mol. The number of hydrogen-bond acceptors (Lipinski definition) is 3. The summed E-state index contributed by atoms with van der Waals surface area (Å²) >= 11 is 0. The molecule has 0 unspecified atom stereocenters. The van der Waals surface area contributed by atoms with E-state index in [9.17, 15) is 0 Å². The van der Waals surface area contributed by atoms with E-state index in [-0.39, 0.29) is 0 Å². The molecule has 0 atom stereocenters. The van der Waals surface area contributed by atoms with E-state index in [1.807, 2.05) is 10.9 Å². The minimum atomic E-state index is 0.474. The molecule has 3 rings (SSSR count). The van der Waals surface area contributed by atoms with Crippen LogP contribution < -0.4 is 5.32 Å². The molecule has 0 aliphatic carbocycles. The summed E-state index contributed by atoms with van der Waals surface area (Å²) in [5.74, 6) is 0. The zero-order chi connectivity index (χ0) is 11.8. The normalized spacial score (nSPS) is 15.9. The van der Waals surface area contributed by atoms with Gasteiger partial charge in [-0.05, 0) is 19.4 Å². The Kier molecular flexibility index (Phi) is 2.44. The maximum atomic E-state index is 4.27. The van der Waals surface area contributed by atoms with Crippen molar-refractivity contribution in [1.82, 2.24) is 20.3 Å². The lowest BCUT2D eigenvalue weighted by atomic mass is 10.0. The van der Waals surface area contributed by atoms with E-state index < -0.39 is 0 Å². The minimum absolute atomic E-state index is 0.474. The highest BCUT2D eigenvalue weighted by Gasteiger charge is 2.20. The van der Waals surface area contributed by atoms with Crippen LogP contribution in [0.1, 0.15) is 17.2 Å². The lowest BCUT2D eigenvalue weighted by molar-refractivity contribution is 0.313. The molecule has 0 radical (unpaired) electrons. The van der Waals surface area contributed by atoms with Crippen molar-refractivity contribution in [3.8, 4) is 11.3 Å². The Hall–Kier alpha value is -1.68. The van der Waals surface area contributed by atoms with Crippen molar-refractivity contribution in [1.29, 1.82) is 0 Å². The number of aryl methyl sites for hydroxylation is 2. The molecule has 1 aromatic heterocycles. The van der Waals surface area contributed by atoms with Crippen LogP contribution in [0.5, 0.6) is 0 Å². The average Bonchev–Trinajstić information content (AvgIpc) is 2.64. The number of aromatic nitrogens is 3. The second kappa shape index (κ2) is 3.96. The quantitative estimate of drug-likeness (QED) is 0.851. The molecular weight excluding hydrogens is 212 g/mol. The summed E-state index contributed by atoms with van der Waals surface area (Å²) in [5.41, 5.74) is 4.68. The summed E-state index contributed by atoms with van der Waals surface area (Å²) in [7, 11) is 0. The van der Waals surface area contributed by atoms with Crippen LogP contribution >= 0.6 is 0 Å². The highest BCUT2D eigenvalue weighted by molar-refractivity contribution is 5.62. The third-order valence-electron chi connectivity index (χ3n) is 3.30. The first-order valence-electron chi connectivity index (χ1n) is 5.94. The van der Waals surface area contributed by atoms with E-state index in [4.69, 9.17) is 0 Å². The second-order valence-electron chi connectivity index (χ2n) is 4.71. The molecule has 0 amide bonds. The minimum Gasteiger partial charge on any atom is -0.312 e. The van der Waals surface area contributed by atoms with Crippen molar-refractivity contribution in [2.45, 2.75) is 19.9 Å². The van der Waals surface area contributed by atoms with Gasteiger partial charge in [0, 0.05) is 18.7 Å². The van der Waals surface area contributed by atoms with Crippen molar-refractivity contribution in [3.05, 3.63) is 35.5 Å². The van der Waals surface area contributed by atoms with Gasteiger partial charge in [-0.3, -0.25) is 0 Å². The molecule has 17 heavy (non-hydrogen) atoms. The second-order valence-corrected chi connectivity index (χ2v) is 4.71. The third-order valence-corrected chi connectivity index (χ3v) is 3.30. The Morgan fingerprint density at radius 2 is 2.12 bits per heavy atom. The zero-order valence-corrected chi connectivity index (χ0v) is 10.1. The maximum Gasteiger partial charge on any atom is 0.113 e. The number of hydrogen-bond donors (Lipinski definition) is 1. The van der Waals surface area contributed by atoms with Crippen molar-refractivity contribution >= 4 is 0 Å². The van der Waals surface area contributed by atoms with Gasteiger partial charge < -0.3 is 5.32 Å². The Morgan fingerprint density at radius 3 is 2.76 bits per heavy atom. The summed E-state index contributed by atoms with van der Waals surface area (Å²) in [6.45, 7) is 6.21. The van der Waals surface area contributed by atoms with E-state index in [1.54, 1.807) is 0 Å². The molecule has 4 nitrogen and oxygen atoms in total. The van der Waals surface area contributed by atoms with E-state index in [0.717, 1.165) is 18.8 Å². The summed E-state index contributed by atoms with van der Waals surface area (Å²) in [6, 6.07) is 6.89. The largest absolute Gasteiger partial charge is 0.312 e. The number of rotatable bonds is 2. The molecule has 2 heterocycles. The van der Waals surface area contributed by atoms with Crippen LogP contribution in [-0.4, -0.2) is 28.1 Å². The highest BCUT2D eigenvalue weighted by atomic mass is 15.4. The molecular formula is C13H16N4.